The molecule has 3 heteroatoms. The van der Waals surface area contributed by atoms with Crippen molar-refractivity contribution in [2.45, 2.75) is 6.92 Å². The first-order valence-electron chi connectivity index (χ1n) is 3.27. The van der Waals surface area contributed by atoms with Crippen molar-refractivity contribution in [3.8, 4) is 6.07 Å². The average Bonchev–Trinajstić information content (AvgIpc) is 2.10. The molecule has 0 fully saturated rings. The van der Waals surface area contributed by atoms with Crippen LogP contribution in [0.25, 0.3) is 4.85 Å². The molecule has 0 radical (unpaired) electrons. The number of hydrogen-bond donors (Lipinski definition) is 0. The minimum absolute atomic E-state index is 0.381. The Kier molecular flexibility index (Phi) is 2.33. The van der Waals surface area contributed by atoms with Gasteiger partial charge in [0.25, 0.3) is 0 Å². The zero-order chi connectivity index (χ0) is 9.14. The molecule has 0 amide bonds. The molecule has 0 aromatic heterocycles. The molecule has 0 saturated heterocycles. The smallest absolute Gasteiger partial charge is 0.191 e. The quantitative estimate of drug-likeness (QED) is 0.559. The van der Waals surface area contributed by atoms with Crippen LogP contribution in [0, 0.1) is 24.8 Å². The van der Waals surface area contributed by atoms with E-state index in [0.29, 0.717) is 21.8 Å². The van der Waals surface area contributed by atoms with Gasteiger partial charge in [0.1, 0.15) is 6.07 Å². The maximum absolute atomic E-state index is 8.59. The molecule has 0 unspecified atom stereocenters. The van der Waals surface area contributed by atoms with Gasteiger partial charge in [-0.2, -0.15) is 5.26 Å². The summed E-state index contributed by atoms with van der Waals surface area (Å²) >= 11 is 5.81. The van der Waals surface area contributed by atoms with Crippen molar-refractivity contribution >= 4 is 17.3 Å². The number of halogens is 1. The molecular formula is C9H5ClN2. The summed E-state index contributed by atoms with van der Waals surface area (Å²) in [6.45, 7) is 8.52. The van der Waals surface area contributed by atoms with Crippen molar-refractivity contribution in [1.29, 1.82) is 5.26 Å². The lowest BCUT2D eigenvalue weighted by atomic mass is 10.1. The van der Waals surface area contributed by atoms with Crippen molar-refractivity contribution in [3.63, 3.8) is 0 Å². The fourth-order valence-electron chi connectivity index (χ4n) is 0.882. The van der Waals surface area contributed by atoms with Crippen LogP contribution in [0.1, 0.15) is 11.1 Å². The Labute approximate surface area is 75.8 Å². The Morgan fingerprint density at radius 2 is 2.25 bits per heavy atom. The topological polar surface area (TPSA) is 28.1 Å². The van der Waals surface area contributed by atoms with Gasteiger partial charge in [0.15, 0.2) is 5.69 Å². The van der Waals surface area contributed by atoms with Gasteiger partial charge in [-0.3, -0.25) is 0 Å². The highest BCUT2D eigenvalue weighted by atomic mass is 35.5. The highest BCUT2D eigenvalue weighted by Crippen LogP contribution is 2.28. The molecule has 58 valence electrons. The Morgan fingerprint density at radius 1 is 1.58 bits per heavy atom. The van der Waals surface area contributed by atoms with Gasteiger partial charge in [0.2, 0.25) is 0 Å². The van der Waals surface area contributed by atoms with Gasteiger partial charge in [0.05, 0.1) is 17.2 Å². The molecule has 0 bridgehead atoms. The minimum atomic E-state index is 0.381. The number of rotatable bonds is 0. The Bertz CT molecular complexity index is 357. The molecule has 0 heterocycles. The van der Waals surface area contributed by atoms with Gasteiger partial charge in [-0.25, -0.2) is 4.85 Å². The second kappa shape index (κ2) is 3.26. The summed E-state index contributed by atoms with van der Waals surface area (Å²) in [6.07, 6.45) is 0. The molecule has 0 spiro atoms. The second-order valence-corrected chi connectivity index (χ2v) is 2.67. The lowest BCUT2D eigenvalue weighted by Gasteiger charge is -2.00. The second-order valence-electron chi connectivity index (χ2n) is 2.29. The van der Waals surface area contributed by atoms with Crippen molar-refractivity contribution in [3.05, 3.63) is 39.7 Å². The average molecular weight is 177 g/mol. The lowest BCUT2D eigenvalue weighted by molar-refractivity contribution is 1.43. The SMILES string of the molecule is [C-]#[N+]c1ccc(C#N)c(Cl)c1C. The van der Waals surface area contributed by atoms with Crippen LogP contribution >= 0.6 is 11.6 Å². The van der Waals surface area contributed by atoms with Crippen molar-refractivity contribution in [2.75, 3.05) is 0 Å². The summed E-state index contributed by atoms with van der Waals surface area (Å²) < 4.78 is 0. The van der Waals surface area contributed by atoms with E-state index >= 15 is 0 Å². The maximum Gasteiger partial charge on any atom is 0.191 e. The predicted molar refractivity (Wildman–Crippen MR) is 47.2 cm³/mol. The van der Waals surface area contributed by atoms with Crippen molar-refractivity contribution in [1.82, 2.24) is 0 Å². The number of nitrogens with zero attached hydrogens (tertiary/aromatic N) is 2. The standard InChI is InChI=1S/C9H5ClN2/c1-6-8(12-2)4-3-7(5-11)9(6)10/h3-4H,1H3. The number of hydrogen-bond acceptors (Lipinski definition) is 1. The van der Waals surface area contributed by atoms with E-state index in [0.717, 1.165) is 0 Å². The predicted octanol–water partition coefficient (Wildman–Crippen LogP) is 3.07. The van der Waals surface area contributed by atoms with Crippen LogP contribution in [-0.4, -0.2) is 0 Å². The van der Waals surface area contributed by atoms with E-state index in [9.17, 15) is 0 Å². The van der Waals surface area contributed by atoms with Crippen molar-refractivity contribution < 1.29 is 0 Å². The normalized spacial score (nSPS) is 8.67. The van der Waals surface area contributed by atoms with E-state index in [2.05, 4.69) is 4.85 Å². The Balaban J connectivity index is 3.45. The molecule has 0 saturated carbocycles. The number of nitriles is 1. The lowest BCUT2D eigenvalue weighted by Crippen LogP contribution is -1.81. The van der Waals surface area contributed by atoms with E-state index < -0.39 is 0 Å². The molecule has 0 N–H and O–H groups in total. The van der Waals surface area contributed by atoms with E-state index in [1.54, 1.807) is 19.1 Å². The van der Waals surface area contributed by atoms with Crippen LogP contribution < -0.4 is 0 Å². The van der Waals surface area contributed by atoms with Crippen LogP contribution in [0.2, 0.25) is 5.02 Å². The molecule has 12 heavy (non-hydrogen) atoms. The molecule has 2 nitrogen and oxygen atoms in total. The molecule has 0 atom stereocenters. The highest BCUT2D eigenvalue weighted by Gasteiger charge is 2.06. The van der Waals surface area contributed by atoms with Gasteiger partial charge in [0, 0.05) is 0 Å². The third-order valence-electron chi connectivity index (χ3n) is 1.60. The molecule has 1 aromatic rings. The highest BCUT2D eigenvalue weighted by molar-refractivity contribution is 6.32. The Hall–Kier alpha value is -1.51. The minimum Gasteiger partial charge on any atom is -0.238 e. The van der Waals surface area contributed by atoms with Crippen molar-refractivity contribution in [2.24, 2.45) is 0 Å². The van der Waals surface area contributed by atoms with Gasteiger partial charge in [-0.15, -0.1) is 0 Å². The van der Waals surface area contributed by atoms with Gasteiger partial charge in [-0.1, -0.05) is 23.7 Å². The first-order valence-corrected chi connectivity index (χ1v) is 3.65. The first-order chi connectivity index (χ1) is 5.70. The fraction of sp³-hybridized carbons (Fsp3) is 0.111. The number of benzene rings is 1. The monoisotopic (exact) mass is 176 g/mol. The van der Waals surface area contributed by atoms with Crippen LogP contribution in [0.4, 0.5) is 5.69 Å². The van der Waals surface area contributed by atoms with E-state index in [-0.39, 0.29) is 0 Å². The summed E-state index contributed by atoms with van der Waals surface area (Å²) in [5.41, 5.74) is 1.59. The van der Waals surface area contributed by atoms with Gasteiger partial charge in [-0.05, 0) is 12.5 Å². The van der Waals surface area contributed by atoms with Crippen LogP contribution in [0.3, 0.4) is 0 Å². The van der Waals surface area contributed by atoms with Crippen LogP contribution in [0.15, 0.2) is 12.1 Å². The summed E-state index contributed by atoms with van der Waals surface area (Å²) in [7, 11) is 0. The van der Waals surface area contributed by atoms with Gasteiger partial charge < -0.3 is 0 Å². The van der Waals surface area contributed by atoms with E-state index in [4.69, 9.17) is 23.4 Å². The zero-order valence-corrected chi connectivity index (χ0v) is 7.18. The summed E-state index contributed by atoms with van der Waals surface area (Å²) in [4.78, 5) is 3.26. The largest absolute Gasteiger partial charge is 0.238 e. The van der Waals surface area contributed by atoms with Gasteiger partial charge >= 0.3 is 0 Å². The van der Waals surface area contributed by atoms with E-state index in [1.807, 2.05) is 6.07 Å². The summed E-state index contributed by atoms with van der Waals surface area (Å²) in [5.74, 6) is 0. The Morgan fingerprint density at radius 3 is 2.75 bits per heavy atom. The van der Waals surface area contributed by atoms with Crippen LogP contribution in [0.5, 0.6) is 0 Å². The molecule has 0 aliphatic carbocycles. The molecule has 0 aliphatic heterocycles. The molecule has 1 aromatic carbocycles. The third-order valence-corrected chi connectivity index (χ3v) is 2.09. The molecule has 0 aliphatic rings. The summed E-state index contributed by atoms with van der Waals surface area (Å²) in [5, 5.41) is 8.98. The fourth-order valence-corrected chi connectivity index (χ4v) is 1.08. The van der Waals surface area contributed by atoms with Crippen LogP contribution in [-0.2, 0) is 0 Å². The third kappa shape index (κ3) is 1.25. The zero-order valence-electron chi connectivity index (χ0n) is 6.43. The summed E-state index contributed by atoms with van der Waals surface area (Å²) in [6, 6.07) is 5.11. The molecule has 1 rings (SSSR count). The first kappa shape index (κ1) is 8.59. The van der Waals surface area contributed by atoms with E-state index in [1.165, 1.54) is 0 Å². The molecular weight excluding hydrogens is 172 g/mol. The maximum atomic E-state index is 8.59.